The number of ether oxygens (including phenoxy) is 1. The summed E-state index contributed by atoms with van der Waals surface area (Å²) in [5.74, 6) is 1.55. The normalized spacial score (nSPS) is 25.3. The molecule has 0 radical (unpaired) electrons. The van der Waals surface area contributed by atoms with Crippen LogP contribution in [0.5, 0.6) is 0 Å². The zero-order valence-electron chi connectivity index (χ0n) is 7.38. The van der Waals surface area contributed by atoms with Crippen molar-refractivity contribution >= 4 is 5.90 Å². The van der Waals surface area contributed by atoms with Crippen molar-refractivity contribution in [3.8, 4) is 0 Å². The van der Waals surface area contributed by atoms with Crippen LogP contribution in [0.2, 0.25) is 0 Å². The molecule has 1 heterocycles. The van der Waals surface area contributed by atoms with E-state index in [1.807, 2.05) is 0 Å². The van der Waals surface area contributed by atoms with Crippen molar-refractivity contribution in [3.05, 3.63) is 12.3 Å². The second kappa shape index (κ2) is 3.30. The van der Waals surface area contributed by atoms with Crippen LogP contribution in [0, 0.1) is 5.92 Å². The highest BCUT2D eigenvalue weighted by Crippen LogP contribution is 2.27. The third-order valence-electron chi connectivity index (χ3n) is 2.61. The van der Waals surface area contributed by atoms with Crippen LogP contribution in [0.25, 0.3) is 0 Å². The molecule has 2 heteroatoms. The van der Waals surface area contributed by atoms with Crippen LogP contribution >= 0.6 is 0 Å². The maximum atomic E-state index is 5.46. The van der Waals surface area contributed by atoms with Crippen LogP contribution in [-0.2, 0) is 4.74 Å². The van der Waals surface area contributed by atoms with E-state index in [9.17, 15) is 0 Å². The first-order valence-corrected chi connectivity index (χ1v) is 4.75. The first-order valence-electron chi connectivity index (χ1n) is 4.75. The van der Waals surface area contributed by atoms with Gasteiger partial charge in [-0.15, -0.1) is 0 Å². The fraction of sp³-hybridized carbons (Fsp3) is 0.700. The summed E-state index contributed by atoms with van der Waals surface area (Å²) in [6, 6.07) is 0. The molecule has 1 fully saturated rings. The summed E-state index contributed by atoms with van der Waals surface area (Å²) in [5.41, 5.74) is 0.885. The van der Waals surface area contributed by atoms with Gasteiger partial charge in [-0.25, -0.2) is 4.99 Å². The minimum atomic E-state index is 0.595. The largest absolute Gasteiger partial charge is 0.474 e. The minimum absolute atomic E-state index is 0.595. The summed E-state index contributed by atoms with van der Waals surface area (Å²) in [5, 5.41) is 0. The lowest BCUT2D eigenvalue weighted by Gasteiger charge is -2.20. The van der Waals surface area contributed by atoms with Crippen LogP contribution < -0.4 is 0 Å². The van der Waals surface area contributed by atoms with Gasteiger partial charge in [-0.2, -0.15) is 0 Å². The van der Waals surface area contributed by atoms with Gasteiger partial charge in [0.1, 0.15) is 6.61 Å². The molecule has 0 spiro atoms. The molecule has 1 aliphatic carbocycles. The topological polar surface area (TPSA) is 21.6 Å². The van der Waals surface area contributed by atoms with Crippen LogP contribution in [0.3, 0.4) is 0 Å². The number of hydrogen-bond acceptors (Lipinski definition) is 2. The fourth-order valence-corrected chi connectivity index (χ4v) is 1.94. The van der Waals surface area contributed by atoms with Gasteiger partial charge >= 0.3 is 0 Å². The molecular formula is C10H15NO. The van der Waals surface area contributed by atoms with Gasteiger partial charge in [0.25, 0.3) is 0 Å². The van der Waals surface area contributed by atoms with Gasteiger partial charge in [0.2, 0.25) is 0 Å². The second-order valence-electron chi connectivity index (χ2n) is 3.64. The van der Waals surface area contributed by atoms with Crippen LogP contribution in [0.15, 0.2) is 17.3 Å². The quantitative estimate of drug-likeness (QED) is 0.585. The Hall–Kier alpha value is -0.790. The Bertz CT molecular complexity index is 214. The molecular weight excluding hydrogens is 150 g/mol. The standard InChI is InChI=1S/C10H15NO/c1-8-7-12-10(11-8)9-5-3-2-4-6-9/h9H,1-7H2. The summed E-state index contributed by atoms with van der Waals surface area (Å²) in [4.78, 5) is 4.31. The van der Waals surface area contributed by atoms with Crippen molar-refractivity contribution in [2.45, 2.75) is 32.1 Å². The molecule has 1 saturated carbocycles. The number of hydrogen-bond donors (Lipinski definition) is 0. The SMILES string of the molecule is C=C1COC(C2CCCCC2)=N1. The first kappa shape index (κ1) is 7.84. The molecule has 0 aromatic carbocycles. The van der Waals surface area contributed by atoms with Crippen molar-refractivity contribution in [3.63, 3.8) is 0 Å². The van der Waals surface area contributed by atoms with Gasteiger partial charge in [0.05, 0.1) is 5.70 Å². The van der Waals surface area contributed by atoms with E-state index in [1.165, 1.54) is 32.1 Å². The van der Waals surface area contributed by atoms with Crippen molar-refractivity contribution in [1.29, 1.82) is 0 Å². The Balaban J connectivity index is 1.99. The summed E-state index contributed by atoms with van der Waals surface area (Å²) in [6.07, 6.45) is 6.56. The highest BCUT2D eigenvalue weighted by molar-refractivity contribution is 5.81. The molecule has 0 saturated heterocycles. The Morgan fingerprint density at radius 1 is 1.25 bits per heavy atom. The van der Waals surface area contributed by atoms with Crippen LogP contribution in [0.4, 0.5) is 0 Å². The summed E-state index contributed by atoms with van der Waals surface area (Å²) in [6.45, 7) is 4.40. The van der Waals surface area contributed by atoms with E-state index in [0.29, 0.717) is 12.5 Å². The second-order valence-corrected chi connectivity index (χ2v) is 3.64. The van der Waals surface area contributed by atoms with E-state index in [0.717, 1.165) is 11.6 Å². The lowest BCUT2D eigenvalue weighted by molar-refractivity contribution is 0.308. The molecule has 2 rings (SSSR count). The predicted octanol–water partition coefficient (Wildman–Crippen LogP) is 2.51. The van der Waals surface area contributed by atoms with Crippen molar-refractivity contribution < 1.29 is 4.74 Å². The molecule has 0 N–H and O–H groups in total. The highest BCUT2D eigenvalue weighted by atomic mass is 16.5. The predicted molar refractivity (Wildman–Crippen MR) is 49.1 cm³/mol. The average molecular weight is 165 g/mol. The summed E-state index contributed by atoms with van der Waals surface area (Å²) < 4.78 is 5.46. The lowest BCUT2D eigenvalue weighted by Crippen LogP contribution is -2.17. The lowest BCUT2D eigenvalue weighted by atomic mass is 9.89. The van der Waals surface area contributed by atoms with Gasteiger partial charge in [-0.05, 0) is 12.8 Å². The Kier molecular flexibility index (Phi) is 2.15. The van der Waals surface area contributed by atoms with Crippen molar-refractivity contribution in [1.82, 2.24) is 0 Å². The van der Waals surface area contributed by atoms with E-state index < -0.39 is 0 Å². The zero-order valence-corrected chi connectivity index (χ0v) is 7.38. The molecule has 66 valence electrons. The molecule has 0 atom stereocenters. The number of aliphatic imine (C=N–C) groups is 1. The van der Waals surface area contributed by atoms with Crippen molar-refractivity contribution in [2.75, 3.05) is 6.61 Å². The average Bonchev–Trinajstić information content (AvgIpc) is 2.54. The molecule has 2 aliphatic rings. The maximum absolute atomic E-state index is 5.46. The third kappa shape index (κ3) is 1.52. The van der Waals surface area contributed by atoms with Gasteiger partial charge < -0.3 is 4.74 Å². The Morgan fingerprint density at radius 2 is 2.00 bits per heavy atom. The van der Waals surface area contributed by atoms with E-state index >= 15 is 0 Å². The first-order chi connectivity index (χ1) is 5.86. The van der Waals surface area contributed by atoms with E-state index in [-0.39, 0.29) is 0 Å². The molecule has 2 nitrogen and oxygen atoms in total. The smallest absolute Gasteiger partial charge is 0.191 e. The van der Waals surface area contributed by atoms with Crippen LogP contribution in [-0.4, -0.2) is 12.5 Å². The van der Waals surface area contributed by atoms with Crippen LogP contribution in [0.1, 0.15) is 32.1 Å². The van der Waals surface area contributed by atoms with E-state index in [4.69, 9.17) is 4.74 Å². The highest BCUT2D eigenvalue weighted by Gasteiger charge is 2.23. The van der Waals surface area contributed by atoms with Gasteiger partial charge in [-0.3, -0.25) is 0 Å². The monoisotopic (exact) mass is 165 g/mol. The molecule has 0 amide bonds. The molecule has 12 heavy (non-hydrogen) atoms. The van der Waals surface area contributed by atoms with Gasteiger partial charge in [0, 0.05) is 5.92 Å². The number of nitrogens with zero attached hydrogens (tertiary/aromatic N) is 1. The van der Waals surface area contributed by atoms with Gasteiger partial charge in [0.15, 0.2) is 5.90 Å². The third-order valence-corrected chi connectivity index (χ3v) is 2.61. The maximum Gasteiger partial charge on any atom is 0.191 e. The molecule has 0 unspecified atom stereocenters. The molecule has 0 aromatic heterocycles. The van der Waals surface area contributed by atoms with Gasteiger partial charge in [-0.1, -0.05) is 25.8 Å². The zero-order chi connectivity index (χ0) is 8.39. The summed E-state index contributed by atoms with van der Waals surface area (Å²) >= 11 is 0. The Labute approximate surface area is 73.3 Å². The van der Waals surface area contributed by atoms with Crippen molar-refractivity contribution in [2.24, 2.45) is 10.9 Å². The van der Waals surface area contributed by atoms with E-state index in [1.54, 1.807) is 0 Å². The molecule has 1 aliphatic heterocycles. The summed E-state index contributed by atoms with van der Waals surface area (Å²) in [7, 11) is 0. The number of rotatable bonds is 1. The fourth-order valence-electron chi connectivity index (χ4n) is 1.94. The molecule has 0 aromatic rings. The Morgan fingerprint density at radius 3 is 2.58 bits per heavy atom. The molecule has 0 bridgehead atoms. The van der Waals surface area contributed by atoms with E-state index in [2.05, 4.69) is 11.6 Å². The minimum Gasteiger partial charge on any atom is -0.474 e.